The van der Waals surface area contributed by atoms with Crippen molar-refractivity contribution in [2.75, 3.05) is 11.9 Å². The van der Waals surface area contributed by atoms with Gasteiger partial charge >= 0.3 is 0 Å². The van der Waals surface area contributed by atoms with E-state index < -0.39 is 0 Å². The highest BCUT2D eigenvalue weighted by Crippen LogP contribution is 2.23. The fourth-order valence-corrected chi connectivity index (χ4v) is 2.90. The number of halogens is 1. The molecular formula is C15H14ClN3OS. The Morgan fingerprint density at radius 1 is 1.43 bits per heavy atom. The first-order chi connectivity index (χ1) is 10.1. The minimum Gasteiger partial charge on any atom is -0.315 e. The molecule has 0 bridgehead atoms. The second-order valence-electron chi connectivity index (χ2n) is 4.45. The summed E-state index contributed by atoms with van der Waals surface area (Å²) in [5, 5.41) is 17.8. The van der Waals surface area contributed by atoms with Crippen LogP contribution in [-0.4, -0.2) is 12.5 Å². The molecule has 0 saturated carbocycles. The molecule has 1 aromatic heterocycles. The first-order valence-electron chi connectivity index (χ1n) is 6.37. The summed E-state index contributed by atoms with van der Waals surface area (Å²) in [6.45, 7) is 2.09. The Morgan fingerprint density at radius 3 is 2.90 bits per heavy atom. The lowest BCUT2D eigenvalue weighted by atomic mass is 10.1. The van der Waals surface area contributed by atoms with Crippen LogP contribution in [0.2, 0.25) is 5.02 Å². The zero-order valence-corrected chi connectivity index (χ0v) is 13.0. The van der Waals surface area contributed by atoms with Crippen LogP contribution in [0.5, 0.6) is 0 Å². The third-order valence-electron chi connectivity index (χ3n) is 2.98. The summed E-state index contributed by atoms with van der Waals surface area (Å²) < 4.78 is 0. The van der Waals surface area contributed by atoms with Crippen molar-refractivity contribution >= 4 is 33.8 Å². The van der Waals surface area contributed by atoms with E-state index in [4.69, 9.17) is 16.9 Å². The molecule has 1 aromatic carbocycles. The van der Waals surface area contributed by atoms with E-state index in [1.165, 1.54) is 11.3 Å². The van der Waals surface area contributed by atoms with Crippen LogP contribution in [-0.2, 0) is 4.79 Å². The van der Waals surface area contributed by atoms with Gasteiger partial charge in [-0.2, -0.15) is 5.26 Å². The van der Waals surface area contributed by atoms with Crippen molar-refractivity contribution in [3.63, 3.8) is 0 Å². The molecule has 2 N–H and O–H groups in total. The smallest absolute Gasteiger partial charge is 0.238 e. The predicted octanol–water partition coefficient (Wildman–Crippen LogP) is 3.56. The van der Waals surface area contributed by atoms with Crippen molar-refractivity contribution in [1.82, 2.24) is 5.32 Å². The van der Waals surface area contributed by atoms with Gasteiger partial charge in [-0.1, -0.05) is 29.8 Å². The van der Waals surface area contributed by atoms with Gasteiger partial charge in [-0.05, 0) is 30.0 Å². The highest BCUT2D eigenvalue weighted by molar-refractivity contribution is 7.14. The number of hydrogen-bond acceptors (Lipinski definition) is 4. The van der Waals surface area contributed by atoms with Gasteiger partial charge in [0, 0.05) is 11.1 Å². The van der Waals surface area contributed by atoms with Crippen molar-refractivity contribution in [3.05, 3.63) is 51.9 Å². The molecule has 0 unspecified atom stereocenters. The Hall–Kier alpha value is -1.87. The van der Waals surface area contributed by atoms with Crippen LogP contribution in [0.25, 0.3) is 0 Å². The molecule has 0 aliphatic carbocycles. The molecule has 21 heavy (non-hydrogen) atoms. The van der Waals surface area contributed by atoms with E-state index in [2.05, 4.69) is 10.6 Å². The van der Waals surface area contributed by atoms with Crippen LogP contribution in [0.15, 0.2) is 35.7 Å². The van der Waals surface area contributed by atoms with Crippen molar-refractivity contribution in [2.24, 2.45) is 0 Å². The number of anilines is 1. The van der Waals surface area contributed by atoms with Crippen LogP contribution < -0.4 is 10.6 Å². The van der Waals surface area contributed by atoms with Gasteiger partial charge in [-0.25, -0.2) is 0 Å². The van der Waals surface area contributed by atoms with Gasteiger partial charge in [-0.3, -0.25) is 4.79 Å². The lowest BCUT2D eigenvalue weighted by Crippen LogP contribution is -2.30. The molecule has 0 saturated heterocycles. The van der Waals surface area contributed by atoms with Crippen molar-refractivity contribution < 1.29 is 4.79 Å². The van der Waals surface area contributed by atoms with Crippen LogP contribution in [0, 0.1) is 11.3 Å². The van der Waals surface area contributed by atoms with Gasteiger partial charge in [0.25, 0.3) is 0 Å². The Kier molecular flexibility index (Phi) is 5.34. The molecule has 0 radical (unpaired) electrons. The third-order valence-corrected chi connectivity index (χ3v) is 4.15. The zero-order valence-electron chi connectivity index (χ0n) is 11.4. The Balaban J connectivity index is 1.90. The fourth-order valence-electron chi connectivity index (χ4n) is 1.85. The van der Waals surface area contributed by atoms with E-state index in [0.717, 1.165) is 5.56 Å². The molecule has 1 atom stereocenters. The van der Waals surface area contributed by atoms with Crippen LogP contribution in [0.1, 0.15) is 24.1 Å². The Morgan fingerprint density at radius 2 is 2.19 bits per heavy atom. The van der Waals surface area contributed by atoms with E-state index in [9.17, 15) is 4.79 Å². The monoisotopic (exact) mass is 319 g/mol. The fraction of sp³-hybridized carbons (Fsp3) is 0.200. The van der Waals surface area contributed by atoms with Gasteiger partial charge in [0.15, 0.2) is 0 Å². The standard InChI is InChI=1S/C15H14ClN3OS/c1-10(12-4-2-3-5-13(12)16)18-9-14(20)19-15-11(8-17)6-7-21-15/h2-7,10,18H,9H2,1H3,(H,19,20)/t10-/m0/s1. The van der Waals surface area contributed by atoms with Crippen molar-refractivity contribution in [3.8, 4) is 6.07 Å². The van der Waals surface area contributed by atoms with Crippen molar-refractivity contribution in [1.29, 1.82) is 5.26 Å². The molecule has 2 rings (SSSR count). The maximum Gasteiger partial charge on any atom is 0.238 e. The van der Waals surface area contributed by atoms with E-state index in [1.54, 1.807) is 11.4 Å². The second-order valence-corrected chi connectivity index (χ2v) is 5.77. The molecule has 108 valence electrons. The normalized spacial score (nSPS) is 11.7. The first-order valence-corrected chi connectivity index (χ1v) is 7.63. The number of benzene rings is 1. The average Bonchev–Trinajstić information content (AvgIpc) is 2.92. The molecule has 2 aromatic rings. The number of nitriles is 1. The van der Waals surface area contributed by atoms with Gasteiger partial charge in [0.05, 0.1) is 12.1 Å². The molecule has 0 aliphatic heterocycles. The lowest BCUT2D eigenvalue weighted by Gasteiger charge is -2.15. The highest BCUT2D eigenvalue weighted by atomic mass is 35.5. The summed E-state index contributed by atoms with van der Waals surface area (Å²) in [6.07, 6.45) is 0. The zero-order chi connectivity index (χ0) is 15.2. The average molecular weight is 320 g/mol. The molecular weight excluding hydrogens is 306 g/mol. The first kappa shape index (κ1) is 15.5. The largest absolute Gasteiger partial charge is 0.315 e. The second kappa shape index (κ2) is 7.23. The number of amides is 1. The minimum absolute atomic E-state index is 0.0387. The van der Waals surface area contributed by atoms with E-state index in [0.29, 0.717) is 15.6 Å². The SMILES string of the molecule is C[C@H](NCC(=O)Nc1sccc1C#N)c1ccccc1Cl. The molecule has 1 heterocycles. The predicted molar refractivity (Wildman–Crippen MR) is 85.5 cm³/mol. The summed E-state index contributed by atoms with van der Waals surface area (Å²) in [5.74, 6) is -0.187. The van der Waals surface area contributed by atoms with Gasteiger partial charge in [0.1, 0.15) is 11.1 Å². The minimum atomic E-state index is -0.187. The molecule has 4 nitrogen and oxygen atoms in total. The van der Waals surface area contributed by atoms with Gasteiger partial charge in [0.2, 0.25) is 5.91 Å². The molecule has 0 aliphatic rings. The Labute approximate surface area is 132 Å². The summed E-state index contributed by atoms with van der Waals surface area (Å²) in [7, 11) is 0. The number of nitrogens with zero attached hydrogens (tertiary/aromatic N) is 1. The number of carbonyl (C=O) groups excluding carboxylic acids is 1. The molecule has 0 spiro atoms. The maximum absolute atomic E-state index is 11.9. The summed E-state index contributed by atoms with van der Waals surface area (Å²) in [5.41, 5.74) is 1.42. The molecule has 0 fully saturated rings. The summed E-state index contributed by atoms with van der Waals surface area (Å²) >= 11 is 7.45. The molecule has 6 heteroatoms. The van der Waals surface area contributed by atoms with Crippen LogP contribution in [0.3, 0.4) is 0 Å². The number of rotatable bonds is 5. The van der Waals surface area contributed by atoms with Crippen LogP contribution >= 0.6 is 22.9 Å². The van der Waals surface area contributed by atoms with Crippen LogP contribution in [0.4, 0.5) is 5.00 Å². The maximum atomic E-state index is 11.9. The van der Waals surface area contributed by atoms with Gasteiger partial charge < -0.3 is 10.6 Å². The quantitative estimate of drug-likeness (QED) is 0.885. The lowest BCUT2D eigenvalue weighted by molar-refractivity contribution is -0.115. The number of thiophene rings is 1. The van der Waals surface area contributed by atoms with E-state index in [-0.39, 0.29) is 18.5 Å². The van der Waals surface area contributed by atoms with Crippen molar-refractivity contribution in [2.45, 2.75) is 13.0 Å². The number of nitrogens with one attached hydrogen (secondary N) is 2. The van der Waals surface area contributed by atoms with Gasteiger partial charge in [-0.15, -0.1) is 11.3 Å². The highest BCUT2D eigenvalue weighted by Gasteiger charge is 2.12. The third kappa shape index (κ3) is 4.05. The van der Waals surface area contributed by atoms with E-state index in [1.807, 2.05) is 37.3 Å². The number of carbonyl (C=O) groups is 1. The molecule has 1 amide bonds. The summed E-state index contributed by atoms with van der Waals surface area (Å²) in [6, 6.07) is 11.2. The summed E-state index contributed by atoms with van der Waals surface area (Å²) in [4.78, 5) is 11.9. The number of hydrogen-bond donors (Lipinski definition) is 2. The topological polar surface area (TPSA) is 64.9 Å². The van der Waals surface area contributed by atoms with E-state index >= 15 is 0 Å². The Bertz CT molecular complexity index is 678.